The topological polar surface area (TPSA) is 61.0 Å². The molecule has 1 fully saturated rings. The van der Waals surface area contributed by atoms with E-state index in [2.05, 4.69) is 73.4 Å². The van der Waals surface area contributed by atoms with Crippen molar-refractivity contribution < 1.29 is 4.79 Å². The summed E-state index contributed by atoms with van der Waals surface area (Å²) in [6.07, 6.45) is 7.33. The molecule has 1 aromatic carbocycles. The molecule has 1 aromatic heterocycles. The second-order valence-electron chi connectivity index (χ2n) is 8.39. The Morgan fingerprint density at radius 3 is 2.78 bits per heavy atom. The van der Waals surface area contributed by atoms with Crippen LogP contribution >= 0.6 is 11.8 Å². The third kappa shape index (κ3) is 5.77. The lowest BCUT2D eigenvalue weighted by molar-refractivity contribution is -0.135. The average Bonchev–Trinajstić information content (AvgIpc) is 3.46. The molecule has 2 atom stereocenters. The van der Waals surface area contributed by atoms with Crippen molar-refractivity contribution in [3.8, 4) is 11.3 Å². The van der Waals surface area contributed by atoms with Gasteiger partial charge in [0, 0.05) is 6.54 Å². The zero-order valence-electron chi connectivity index (χ0n) is 19.3. The molecule has 168 valence electrons. The normalized spacial score (nSPS) is 17.0. The van der Waals surface area contributed by atoms with Gasteiger partial charge in [0.1, 0.15) is 11.9 Å². The molecule has 2 heterocycles. The Kier molecular flexibility index (Phi) is 8.45. The molecule has 1 saturated heterocycles. The molecule has 0 saturated carbocycles. The smallest absolute Gasteiger partial charge is 0.245 e. The van der Waals surface area contributed by atoms with E-state index in [1.807, 2.05) is 22.6 Å². The Balaban J connectivity index is 1.74. The number of rotatable bonds is 10. The number of aromatic amines is 1. The van der Waals surface area contributed by atoms with Gasteiger partial charge in [-0.25, -0.2) is 4.98 Å². The van der Waals surface area contributed by atoms with Crippen LogP contribution in [0.4, 0.5) is 0 Å². The molecule has 0 spiro atoms. The van der Waals surface area contributed by atoms with Crippen LogP contribution in [-0.2, 0) is 4.79 Å². The van der Waals surface area contributed by atoms with Crippen molar-refractivity contribution in [2.45, 2.75) is 45.6 Å². The van der Waals surface area contributed by atoms with Crippen LogP contribution in [0, 0.1) is 5.92 Å². The standard InChI is InChI=1S/C25H33BN4OS/c1-6-7-15-32-18(4)28-23(17(2)3)25(31)30-14-8-9-22(30)24-27-16-21(29-24)19-10-12-20(26-5)13-11-19/h6-7,10-13,15-17,22-23,26,28H,1,4,8-9,14H2,2-3,5H3,(H,27,29)/b15-7-/t22-,23-/m0/s1. The molecule has 1 amide bonds. The second-order valence-corrected chi connectivity index (χ2v) is 9.39. The third-order valence-electron chi connectivity index (χ3n) is 5.79. The number of nitrogens with zero attached hydrogens (tertiary/aromatic N) is 2. The maximum absolute atomic E-state index is 13.5. The summed E-state index contributed by atoms with van der Waals surface area (Å²) < 4.78 is 0. The summed E-state index contributed by atoms with van der Waals surface area (Å²) in [7, 11) is 1.02. The van der Waals surface area contributed by atoms with E-state index in [1.165, 1.54) is 17.2 Å². The average molecular weight is 448 g/mol. The van der Waals surface area contributed by atoms with Gasteiger partial charge in [-0.2, -0.15) is 0 Å². The molecule has 0 radical (unpaired) electrons. The highest BCUT2D eigenvalue weighted by Crippen LogP contribution is 2.33. The van der Waals surface area contributed by atoms with Gasteiger partial charge in [0.05, 0.1) is 23.0 Å². The number of hydrogen-bond donors (Lipinski definition) is 2. The van der Waals surface area contributed by atoms with Crippen LogP contribution in [0.5, 0.6) is 0 Å². The molecule has 1 aliphatic rings. The fraction of sp³-hybridized carbons (Fsp3) is 0.360. The first kappa shape index (κ1) is 24.0. The number of aromatic nitrogens is 2. The van der Waals surface area contributed by atoms with E-state index in [1.54, 1.807) is 6.08 Å². The number of nitrogens with one attached hydrogen (secondary N) is 2. The lowest BCUT2D eigenvalue weighted by Crippen LogP contribution is -2.48. The van der Waals surface area contributed by atoms with Gasteiger partial charge in [-0.3, -0.25) is 4.79 Å². The molecule has 2 aromatic rings. The lowest BCUT2D eigenvalue weighted by Gasteiger charge is -2.31. The molecule has 5 nitrogen and oxygen atoms in total. The number of H-pyrrole nitrogens is 1. The fourth-order valence-electron chi connectivity index (χ4n) is 3.96. The number of imidazole rings is 1. The van der Waals surface area contributed by atoms with Crippen LogP contribution in [-0.4, -0.2) is 40.6 Å². The van der Waals surface area contributed by atoms with Gasteiger partial charge >= 0.3 is 0 Å². The molecule has 0 aliphatic carbocycles. The highest BCUT2D eigenvalue weighted by Gasteiger charge is 2.36. The Labute approximate surface area is 196 Å². The van der Waals surface area contributed by atoms with Crippen LogP contribution in [0.25, 0.3) is 11.3 Å². The fourth-order valence-corrected chi connectivity index (χ4v) is 4.51. The Morgan fingerprint density at radius 2 is 2.12 bits per heavy atom. The number of amides is 1. The predicted octanol–water partition coefficient (Wildman–Crippen LogP) is 4.37. The number of carbonyl (C=O) groups is 1. The largest absolute Gasteiger partial charge is 0.368 e. The van der Waals surface area contributed by atoms with Crippen molar-refractivity contribution in [1.29, 1.82) is 0 Å². The second kappa shape index (κ2) is 11.3. The van der Waals surface area contributed by atoms with Crippen LogP contribution in [0.1, 0.15) is 38.6 Å². The van der Waals surface area contributed by atoms with E-state index in [4.69, 9.17) is 0 Å². The Morgan fingerprint density at radius 1 is 1.38 bits per heavy atom. The minimum Gasteiger partial charge on any atom is -0.368 e. The van der Waals surface area contributed by atoms with Crippen molar-refractivity contribution in [2.75, 3.05) is 6.54 Å². The maximum atomic E-state index is 13.5. The first-order valence-electron chi connectivity index (χ1n) is 11.3. The summed E-state index contributed by atoms with van der Waals surface area (Å²) in [5.41, 5.74) is 3.41. The minimum absolute atomic E-state index is 0.0317. The van der Waals surface area contributed by atoms with Crippen molar-refractivity contribution in [3.05, 3.63) is 72.0 Å². The van der Waals surface area contributed by atoms with Gasteiger partial charge in [-0.15, -0.1) is 0 Å². The number of thioether (sulfide) groups is 1. The summed E-state index contributed by atoms with van der Waals surface area (Å²) in [6.45, 7) is 14.7. The number of benzene rings is 1. The quantitative estimate of drug-likeness (QED) is 0.419. The van der Waals surface area contributed by atoms with Crippen molar-refractivity contribution in [2.24, 2.45) is 5.92 Å². The Bertz CT molecular complexity index is 967. The third-order valence-corrected chi connectivity index (χ3v) is 6.49. The maximum Gasteiger partial charge on any atom is 0.245 e. The van der Waals surface area contributed by atoms with Crippen molar-refractivity contribution >= 4 is 30.4 Å². The minimum atomic E-state index is -0.330. The van der Waals surface area contributed by atoms with E-state index in [-0.39, 0.29) is 23.9 Å². The Hall–Kier alpha value is -2.67. The monoisotopic (exact) mass is 448 g/mol. The number of hydrogen-bond acceptors (Lipinski definition) is 4. The zero-order chi connectivity index (χ0) is 23.1. The first-order valence-corrected chi connectivity index (χ1v) is 12.2. The van der Waals surface area contributed by atoms with E-state index in [9.17, 15) is 4.79 Å². The first-order chi connectivity index (χ1) is 15.4. The number of likely N-dealkylation sites (tertiary alicyclic amines) is 1. The van der Waals surface area contributed by atoms with Crippen LogP contribution < -0.4 is 10.8 Å². The molecule has 2 N–H and O–H groups in total. The summed E-state index contributed by atoms with van der Waals surface area (Å²) in [5, 5.41) is 5.98. The van der Waals surface area contributed by atoms with Gasteiger partial charge in [-0.1, -0.05) is 87.5 Å². The molecule has 1 aliphatic heterocycles. The molecule has 7 heteroatoms. The van der Waals surface area contributed by atoms with Gasteiger partial charge < -0.3 is 15.2 Å². The number of carbonyl (C=O) groups excluding carboxylic acids is 1. The van der Waals surface area contributed by atoms with Gasteiger partial charge in [0.25, 0.3) is 0 Å². The van der Waals surface area contributed by atoms with Crippen LogP contribution in [0.3, 0.4) is 0 Å². The molecular formula is C25H33BN4OS. The SMILES string of the molecule is C=C/C=C\SC(=C)N[C@H](C(=O)N1CCC[C@H]1c1ncc(-c2ccc(BC)cc2)[nH]1)C(C)C. The highest BCUT2D eigenvalue weighted by molar-refractivity contribution is 8.05. The van der Waals surface area contributed by atoms with Gasteiger partial charge in [-0.05, 0) is 29.7 Å². The summed E-state index contributed by atoms with van der Waals surface area (Å²) >= 11 is 1.46. The van der Waals surface area contributed by atoms with Gasteiger partial charge in [0.15, 0.2) is 7.28 Å². The van der Waals surface area contributed by atoms with Crippen LogP contribution in [0.15, 0.2) is 66.2 Å². The van der Waals surface area contributed by atoms with E-state index in [0.29, 0.717) is 0 Å². The molecular weight excluding hydrogens is 415 g/mol. The van der Waals surface area contributed by atoms with E-state index >= 15 is 0 Å². The van der Waals surface area contributed by atoms with E-state index < -0.39 is 0 Å². The van der Waals surface area contributed by atoms with Gasteiger partial charge in [0.2, 0.25) is 5.91 Å². The summed E-state index contributed by atoms with van der Waals surface area (Å²) in [6, 6.07) is 8.18. The van der Waals surface area contributed by atoms with E-state index in [0.717, 1.165) is 48.8 Å². The molecule has 32 heavy (non-hydrogen) atoms. The van der Waals surface area contributed by atoms with Crippen LogP contribution in [0.2, 0.25) is 6.82 Å². The summed E-state index contributed by atoms with van der Waals surface area (Å²) in [4.78, 5) is 23.6. The zero-order valence-corrected chi connectivity index (χ0v) is 20.1. The summed E-state index contributed by atoms with van der Waals surface area (Å²) in [5.74, 6) is 1.09. The lowest BCUT2D eigenvalue weighted by atomic mass is 9.73. The molecule has 0 unspecified atom stereocenters. The molecule has 3 rings (SSSR count). The molecule has 0 bridgehead atoms. The number of allylic oxidation sites excluding steroid dienone is 2. The predicted molar refractivity (Wildman–Crippen MR) is 138 cm³/mol. The van der Waals surface area contributed by atoms with Crippen molar-refractivity contribution in [3.63, 3.8) is 0 Å². The highest BCUT2D eigenvalue weighted by atomic mass is 32.2. The van der Waals surface area contributed by atoms with Crippen molar-refractivity contribution in [1.82, 2.24) is 20.2 Å².